The first-order chi connectivity index (χ1) is 10.5. The van der Waals surface area contributed by atoms with E-state index in [2.05, 4.69) is 0 Å². The van der Waals surface area contributed by atoms with Gasteiger partial charge in [0, 0.05) is 0 Å². The Labute approximate surface area is 126 Å². The van der Waals surface area contributed by atoms with Gasteiger partial charge in [0.1, 0.15) is 11.8 Å². The van der Waals surface area contributed by atoms with E-state index in [4.69, 9.17) is 9.52 Å². The van der Waals surface area contributed by atoms with E-state index in [0.717, 1.165) is 10.5 Å². The van der Waals surface area contributed by atoms with Crippen LogP contribution in [0.25, 0.3) is 0 Å². The summed E-state index contributed by atoms with van der Waals surface area (Å²) in [6.45, 7) is 1.82. The SMILES string of the molecule is Cc1ccc2c(c1)C(=O)N(C(CC(=O)O)c1ccco1)C2=O. The predicted octanol–water partition coefficient (Wildman–Crippen LogP) is 2.40. The monoisotopic (exact) mass is 299 g/mol. The summed E-state index contributed by atoms with van der Waals surface area (Å²) in [7, 11) is 0. The second kappa shape index (κ2) is 5.14. The van der Waals surface area contributed by atoms with Gasteiger partial charge >= 0.3 is 5.97 Å². The number of benzene rings is 1. The van der Waals surface area contributed by atoms with Crippen molar-refractivity contribution in [1.29, 1.82) is 0 Å². The van der Waals surface area contributed by atoms with Crippen molar-refractivity contribution in [2.75, 3.05) is 0 Å². The molecule has 1 atom stereocenters. The molecule has 0 saturated carbocycles. The summed E-state index contributed by atoms with van der Waals surface area (Å²) in [5.74, 6) is -1.84. The summed E-state index contributed by atoms with van der Waals surface area (Å²) in [5.41, 5.74) is 1.44. The number of hydrogen-bond acceptors (Lipinski definition) is 4. The van der Waals surface area contributed by atoms with Gasteiger partial charge in [-0.2, -0.15) is 0 Å². The van der Waals surface area contributed by atoms with Gasteiger partial charge in [-0.1, -0.05) is 11.6 Å². The Hall–Kier alpha value is -2.89. The molecule has 112 valence electrons. The first-order valence-electron chi connectivity index (χ1n) is 6.73. The Morgan fingerprint density at radius 1 is 1.23 bits per heavy atom. The zero-order chi connectivity index (χ0) is 15.9. The van der Waals surface area contributed by atoms with E-state index < -0.39 is 30.2 Å². The molecule has 0 radical (unpaired) electrons. The van der Waals surface area contributed by atoms with Crippen LogP contribution in [0.15, 0.2) is 41.0 Å². The van der Waals surface area contributed by atoms with E-state index in [0.29, 0.717) is 5.56 Å². The van der Waals surface area contributed by atoms with Gasteiger partial charge in [-0.05, 0) is 31.2 Å². The lowest BCUT2D eigenvalue weighted by molar-refractivity contribution is -0.138. The van der Waals surface area contributed by atoms with E-state index >= 15 is 0 Å². The molecule has 3 rings (SSSR count). The van der Waals surface area contributed by atoms with Crippen molar-refractivity contribution in [3.63, 3.8) is 0 Å². The van der Waals surface area contributed by atoms with Crippen LogP contribution in [0.2, 0.25) is 0 Å². The van der Waals surface area contributed by atoms with Gasteiger partial charge in [0.15, 0.2) is 0 Å². The number of carbonyl (C=O) groups is 3. The number of carboxylic acid groups (broad SMARTS) is 1. The molecule has 0 saturated heterocycles. The molecule has 6 nitrogen and oxygen atoms in total. The molecule has 1 N–H and O–H groups in total. The minimum absolute atomic E-state index is 0.272. The highest BCUT2D eigenvalue weighted by Gasteiger charge is 2.42. The average Bonchev–Trinajstić information content (AvgIpc) is 3.06. The Balaban J connectivity index is 2.05. The summed E-state index contributed by atoms with van der Waals surface area (Å²) >= 11 is 0. The van der Waals surface area contributed by atoms with Crippen molar-refractivity contribution >= 4 is 17.8 Å². The maximum atomic E-state index is 12.5. The highest BCUT2D eigenvalue weighted by molar-refractivity contribution is 6.21. The highest BCUT2D eigenvalue weighted by atomic mass is 16.4. The highest BCUT2D eigenvalue weighted by Crippen LogP contribution is 2.34. The maximum Gasteiger partial charge on any atom is 0.305 e. The number of furan rings is 1. The van der Waals surface area contributed by atoms with E-state index in [1.165, 1.54) is 6.26 Å². The zero-order valence-corrected chi connectivity index (χ0v) is 11.8. The number of rotatable bonds is 4. The van der Waals surface area contributed by atoms with Crippen LogP contribution in [0.4, 0.5) is 0 Å². The third kappa shape index (κ3) is 2.18. The lowest BCUT2D eigenvalue weighted by Crippen LogP contribution is -2.35. The Kier molecular flexibility index (Phi) is 3.29. The zero-order valence-electron chi connectivity index (χ0n) is 11.8. The van der Waals surface area contributed by atoms with E-state index in [9.17, 15) is 14.4 Å². The molecule has 2 amide bonds. The molecule has 22 heavy (non-hydrogen) atoms. The fourth-order valence-corrected chi connectivity index (χ4v) is 2.62. The van der Waals surface area contributed by atoms with Crippen LogP contribution < -0.4 is 0 Å². The third-order valence-corrected chi connectivity index (χ3v) is 3.62. The standard InChI is InChI=1S/C16H13NO5/c1-9-4-5-10-11(7-9)16(21)17(15(10)20)12(8-14(18)19)13-3-2-6-22-13/h2-7,12H,8H2,1H3,(H,18,19). The Morgan fingerprint density at radius 2 is 1.95 bits per heavy atom. The van der Waals surface area contributed by atoms with Crippen LogP contribution in [0.3, 0.4) is 0 Å². The van der Waals surface area contributed by atoms with Gasteiger partial charge in [0.05, 0.1) is 23.8 Å². The molecule has 2 aromatic rings. The van der Waals surface area contributed by atoms with Crippen molar-refractivity contribution in [2.24, 2.45) is 0 Å². The van der Waals surface area contributed by atoms with Crippen LogP contribution >= 0.6 is 0 Å². The second-order valence-corrected chi connectivity index (χ2v) is 5.16. The number of nitrogens with zero attached hydrogens (tertiary/aromatic N) is 1. The first-order valence-corrected chi connectivity index (χ1v) is 6.73. The van der Waals surface area contributed by atoms with Gasteiger partial charge in [0.2, 0.25) is 0 Å². The van der Waals surface area contributed by atoms with Gasteiger partial charge in [0.25, 0.3) is 11.8 Å². The molecular weight excluding hydrogens is 286 g/mol. The molecule has 1 unspecified atom stereocenters. The lowest BCUT2D eigenvalue weighted by Gasteiger charge is -2.22. The summed E-state index contributed by atoms with van der Waals surface area (Å²) in [6, 6.07) is 7.15. The third-order valence-electron chi connectivity index (χ3n) is 3.62. The molecule has 0 fully saturated rings. The minimum Gasteiger partial charge on any atom is -0.481 e. The molecule has 2 heterocycles. The molecule has 1 aromatic heterocycles. The number of carboxylic acids is 1. The van der Waals surface area contributed by atoms with Crippen molar-refractivity contribution in [2.45, 2.75) is 19.4 Å². The molecule has 1 aliphatic rings. The number of fused-ring (bicyclic) bond motifs is 1. The van der Waals surface area contributed by atoms with Crippen LogP contribution in [0, 0.1) is 6.92 Å². The minimum atomic E-state index is -1.12. The fourth-order valence-electron chi connectivity index (χ4n) is 2.62. The smallest absolute Gasteiger partial charge is 0.305 e. The normalized spacial score (nSPS) is 15.0. The van der Waals surface area contributed by atoms with E-state index in [1.54, 1.807) is 30.3 Å². The van der Waals surface area contributed by atoms with Gasteiger partial charge < -0.3 is 9.52 Å². The lowest BCUT2D eigenvalue weighted by atomic mass is 10.1. The molecule has 6 heteroatoms. The topological polar surface area (TPSA) is 87.8 Å². The van der Waals surface area contributed by atoms with Gasteiger partial charge in [-0.15, -0.1) is 0 Å². The quantitative estimate of drug-likeness (QED) is 0.876. The van der Waals surface area contributed by atoms with Crippen molar-refractivity contribution in [3.8, 4) is 0 Å². The summed E-state index contributed by atoms with van der Waals surface area (Å²) in [6.07, 6.45) is 0.977. The molecule has 0 bridgehead atoms. The van der Waals surface area contributed by atoms with Crippen molar-refractivity contribution in [3.05, 3.63) is 59.0 Å². The Morgan fingerprint density at radius 3 is 2.59 bits per heavy atom. The number of aliphatic carboxylic acids is 1. The second-order valence-electron chi connectivity index (χ2n) is 5.16. The van der Waals surface area contributed by atoms with E-state index in [-0.39, 0.29) is 11.3 Å². The number of amides is 2. The molecule has 0 spiro atoms. The maximum absolute atomic E-state index is 12.5. The van der Waals surface area contributed by atoms with Crippen molar-refractivity contribution in [1.82, 2.24) is 4.90 Å². The molecule has 1 aliphatic heterocycles. The summed E-state index contributed by atoms with van der Waals surface area (Å²) in [4.78, 5) is 37.1. The summed E-state index contributed by atoms with van der Waals surface area (Å²) < 4.78 is 5.22. The van der Waals surface area contributed by atoms with Crippen LogP contribution in [-0.4, -0.2) is 27.8 Å². The molecular formula is C16H13NO5. The predicted molar refractivity (Wildman–Crippen MR) is 75.4 cm³/mol. The number of carbonyl (C=O) groups excluding carboxylic acids is 2. The van der Waals surface area contributed by atoms with E-state index in [1.807, 2.05) is 6.92 Å². The summed E-state index contributed by atoms with van der Waals surface area (Å²) in [5, 5.41) is 9.09. The van der Waals surface area contributed by atoms with Gasteiger partial charge in [-0.25, -0.2) is 0 Å². The first kappa shape index (κ1) is 14.1. The van der Waals surface area contributed by atoms with Crippen LogP contribution in [0.1, 0.15) is 44.5 Å². The molecule has 0 aliphatic carbocycles. The van der Waals surface area contributed by atoms with Crippen molar-refractivity contribution < 1.29 is 23.9 Å². The van der Waals surface area contributed by atoms with Crippen LogP contribution in [0.5, 0.6) is 0 Å². The fraction of sp³-hybridized carbons (Fsp3) is 0.188. The van der Waals surface area contributed by atoms with Gasteiger partial charge in [-0.3, -0.25) is 19.3 Å². The largest absolute Gasteiger partial charge is 0.481 e. The number of aryl methyl sites for hydroxylation is 1. The average molecular weight is 299 g/mol. The molecule has 1 aromatic carbocycles. The Bertz CT molecular complexity index is 763. The number of imide groups is 1. The van der Waals surface area contributed by atoms with Crippen LogP contribution in [-0.2, 0) is 4.79 Å². The number of hydrogen-bond donors (Lipinski definition) is 1.